The quantitative estimate of drug-likeness (QED) is 0.165. The van der Waals surface area contributed by atoms with Gasteiger partial charge in [-0.1, -0.05) is 116 Å². The van der Waals surface area contributed by atoms with Crippen molar-refractivity contribution >= 4 is 90.5 Å². The molecule has 330 valence electrons. The lowest BCUT2D eigenvalue weighted by Crippen LogP contribution is -2.61. The van der Waals surface area contributed by atoms with E-state index < -0.39 is 0 Å². The molecule has 4 heterocycles. The van der Waals surface area contributed by atoms with Crippen LogP contribution in [0.25, 0.3) is 21.9 Å². The highest BCUT2D eigenvalue weighted by Crippen LogP contribution is 2.62. The third-order valence-electron chi connectivity index (χ3n) is 16.5. The molecule has 0 saturated heterocycles. The Labute approximate surface area is 392 Å². The molecule has 7 aromatic carbocycles. The van der Waals surface area contributed by atoms with Gasteiger partial charge in [-0.05, 0) is 174 Å². The molecule has 0 radical (unpaired) electrons. The van der Waals surface area contributed by atoms with E-state index in [1.54, 1.807) is 5.56 Å². The molecule has 0 bridgehead atoms. The Morgan fingerprint density at radius 2 is 1.14 bits per heavy atom. The zero-order valence-electron chi connectivity index (χ0n) is 40.8. The fraction of sp³-hybridized carbons (Fsp3) is 0.311. The first kappa shape index (κ1) is 41.3. The number of fused-ring (bicyclic) bond motifs is 10. The first-order valence-electron chi connectivity index (χ1n) is 24.4. The van der Waals surface area contributed by atoms with Crippen molar-refractivity contribution in [3.63, 3.8) is 0 Å². The zero-order valence-corrected chi connectivity index (χ0v) is 40.8. The van der Waals surface area contributed by atoms with Gasteiger partial charge in [0.25, 0.3) is 6.71 Å². The summed E-state index contributed by atoms with van der Waals surface area (Å²) in [4.78, 5) is 7.93. The predicted octanol–water partition coefficient (Wildman–Crippen LogP) is 14.9. The molecule has 5 heteroatoms. The molecule has 12 rings (SSSR count). The van der Waals surface area contributed by atoms with Crippen molar-refractivity contribution in [2.75, 3.05) is 14.7 Å². The summed E-state index contributed by atoms with van der Waals surface area (Å²) in [5.41, 5.74) is 24.0. The van der Waals surface area contributed by atoms with Gasteiger partial charge in [-0.2, -0.15) is 0 Å². The molecule has 0 spiro atoms. The summed E-state index contributed by atoms with van der Waals surface area (Å²) < 4.78 is 6.46. The molecule has 1 fully saturated rings. The summed E-state index contributed by atoms with van der Waals surface area (Å²) in [6.45, 7) is 26.0. The second kappa shape index (κ2) is 13.9. The lowest BCUT2D eigenvalue weighted by Gasteiger charge is -2.51. The number of anilines is 8. The van der Waals surface area contributed by atoms with Gasteiger partial charge in [-0.25, -0.2) is 0 Å². The number of hydrogen-bond donors (Lipinski definition) is 0. The Morgan fingerprint density at radius 3 is 1.88 bits per heavy atom. The summed E-state index contributed by atoms with van der Waals surface area (Å²) in [6, 6.07) is 49.3. The molecule has 1 aliphatic carbocycles. The van der Waals surface area contributed by atoms with Crippen molar-refractivity contribution in [3.05, 3.63) is 161 Å². The summed E-state index contributed by atoms with van der Waals surface area (Å²) in [7, 11) is 0. The molecular formula is C61H62BN3O. The number of aryl methyl sites for hydroxylation is 3. The molecule has 2 atom stereocenters. The standard InChI is InChI=1S/C61H62BN3O/c1-37-30-39(3)56-51(31-37)65(61(11)29-15-14-28-60(56,61)10)44-23-25-47-50(36-44)64(43-24-27-55-46(35-43)45-16-12-13-17-54(45)66-55)53-33-38(2)32-52-57(53)62(47)48-34-41(59(7,8)9)20-26-49(48)63(52)42-21-18-40(19-22-42)58(4,5)6/h12-13,16-27,30-36H,14-15,28-29H2,1-11H3. The van der Waals surface area contributed by atoms with Crippen LogP contribution in [0.2, 0.25) is 0 Å². The van der Waals surface area contributed by atoms with Crippen LogP contribution in [0.3, 0.4) is 0 Å². The molecule has 4 nitrogen and oxygen atoms in total. The lowest BCUT2D eigenvalue weighted by atomic mass is 9.33. The van der Waals surface area contributed by atoms with Crippen LogP contribution in [0, 0.1) is 20.8 Å². The molecule has 0 amide bonds. The normalized spacial score (nSPS) is 19.8. The SMILES string of the molecule is Cc1cc2c3c(c1)N(c1ccc4oc5ccccc5c4c1)c1cc(N4c5cc(C)cc(C)c5C5(C)CCCCC45C)ccc1B3c1cc(C(C)(C)C)ccc1N2c1ccc(C(C)(C)C)cc1. The molecule has 3 aliphatic heterocycles. The van der Waals surface area contributed by atoms with E-state index in [4.69, 9.17) is 4.42 Å². The van der Waals surface area contributed by atoms with Crippen molar-refractivity contribution in [1.29, 1.82) is 0 Å². The Hall–Kier alpha value is -6.20. The van der Waals surface area contributed by atoms with Crippen LogP contribution in [-0.4, -0.2) is 12.3 Å². The zero-order chi connectivity index (χ0) is 45.8. The maximum atomic E-state index is 6.46. The summed E-state index contributed by atoms with van der Waals surface area (Å²) in [5.74, 6) is 0. The Kier molecular flexibility index (Phi) is 8.70. The Bertz CT molecular complexity index is 3330. The van der Waals surface area contributed by atoms with Crippen LogP contribution in [0.15, 0.2) is 132 Å². The van der Waals surface area contributed by atoms with Crippen molar-refractivity contribution in [3.8, 4) is 0 Å². The average molecular weight is 864 g/mol. The number of hydrogen-bond acceptors (Lipinski definition) is 4. The maximum absolute atomic E-state index is 6.46. The van der Waals surface area contributed by atoms with E-state index in [1.165, 1.54) is 103 Å². The minimum Gasteiger partial charge on any atom is -0.456 e. The largest absolute Gasteiger partial charge is 0.456 e. The fourth-order valence-corrected chi connectivity index (χ4v) is 13.0. The minimum absolute atomic E-state index is 0.0164. The molecule has 1 saturated carbocycles. The van der Waals surface area contributed by atoms with E-state index in [2.05, 4.69) is 218 Å². The predicted molar refractivity (Wildman–Crippen MR) is 282 cm³/mol. The summed E-state index contributed by atoms with van der Waals surface area (Å²) >= 11 is 0. The van der Waals surface area contributed by atoms with Gasteiger partial charge >= 0.3 is 0 Å². The highest BCUT2D eigenvalue weighted by molar-refractivity contribution is 7.00. The molecule has 4 aliphatic rings. The third-order valence-corrected chi connectivity index (χ3v) is 16.5. The Morgan fingerprint density at radius 1 is 0.515 bits per heavy atom. The van der Waals surface area contributed by atoms with Gasteiger partial charge in [0.05, 0.1) is 5.54 Å². The molecule has 2 unspecified atom stereocenters. The number of nitrogens with zero attached hydrogens (tertiary/aromatic N) is 3. The lowest BCUT2D eigenvalue weighted by molar-refractivity contribution is 0.194. The molecule has 1 aromatic heterocycles. The molecule has 0 N–H and O–H groups in total. The van der Waals surface area contributed by atoms with Crippen LogP contribution in [0.1, 0.15) is 114 Å². The van der Waals surface area contributed by atoms with Crippen LogP contribution in [0.5, 0.6) is 0 Å². The second-order valence-corrected chi connectivity index (χ2v) is 22.8. The van der Waals surface area contributed by atoms with E-state index in [0.717, 1.165) is 34.0 Å². The van der Waals surface area contributed by atoms with Crippen LogP contribution < -0.4 is 31.1 Å². The van der Waals surface area contributed by atoms with Gasteiger partial charge in [-0.15, -0.1) is 0 Å². The maximum Gasteiger partial charge on any atom is 0.252 e. The number of benzene rings is 7. The van der Waals surface area contributed by atoms with Gasteiger partial charge in [0.15, 0.2) is 0 Å². The summed E-state index contributed by atoms with van der Waals surface area (Å²) in [6.07, 6.45) is 4.87. The average Bonchev–Trinajstić information content (AvgIpc) is 3.74. The van der Waals surface area contributed by atoms with Crippen LogP contribution in [0.4, 0.5) is 45.5 Å². The third kappa shape index (κ3) is 5.77. The highest BCUT2D eigenvalue weighted by atomic mass is 16.3. The van der Waals surface area contributed by atoms with Gasteiger partial charge in [0.1, 0.15) is 11.2 Å². The first-order valence-corrected chi connectivity index (χ1v) is 24.4. The second-order valence-electron chi connectivity index (χ2n) is 22.8. The van der Waals surface area contributed by atoms with Crippen molar-refractivity contribution in [2.45, 2.75) is 124 Å². The van der Waals surface area contributed by atoms with E-state index in [0.29, 0.717) is 0 Å². The van der Waals surface area contributed by atoms with E-state index in [-0.39, 0.29) is 28.5 Å². The smallest absolute Gasteiger partial charge is 0.252 e. The van der Waals surface area contributed by atoms with Crippen molar-refractivity contribution < 1.29 is 4.42 Å². The number of rotatable bonds is 3. The van der Waals surface area contributed by atoms with E-state index in [1.807, 2.05) is 0 Å². The molecule has 66 heavy (non-hydrogen) atoms. The van der Waals surface area contributed by atoms with Crippen LogP contribution in [-0.2, 0) is 16.2 Å². The number of furan rings is 1. The van der Waals surface area contributed by atoms with Crippen LogP contribution >= 0.6 is 0 Å². The molecule has 8 aromatic rings. The van der Waals surface area contributed by atoms with E-state index in [9.17, 15) is 0 Å². The van der Waals surface area contributed by atoms with Gasteiger partial charge in [-0.3, -0.25) is 0 Å². The first-order chi connectivity index (χ1) is 31.4. The number of para-hydroxylation sites is 1. The Balaban J connectivity index is 1.16. The van der Waals surface area contributed by atoms with Gasteiger partial charge < -0.3 is 19.1 Å². The van der Waals surface area contributed by atoms with E-state index >= 15 is 0 Å². The van der Waals surface area contributed by atoms with Gasteiger partial charge in [0, 0.05) is 61.7 Å². The summed E-state index contributed by atoms with van der Waals surface area (Å²) in [5, 5.41) is 2.28. The fourth-order valence-electron chi connectivity index (χ4n) is 13.0. The monoisotopic (exact) mass is 863 g/mol. The van der Waals surface area contributed by atoms with Crippen molar-refractivity contribution in [1.82, 2.24) is 0 Å². The van der Waals surface area contributed by atoms with Gasteiger partial charge in [0.2, 0.25) is 0 Å². The topological polar surface area (TPSA) is 22.9 Å². The minimum atomic E-state index is -0.0712. The highest BCUT2D eigenvalue weighted by Gasteiger charge is 2.58. The molecular weight excluding hydrogens is 802 g/mol. The van der Waals surface area contributed by atoms with Crippen molar-refractivity contribution in [2.24, 2.45) is 0 Å².